The highest BCUT2D eigenvalue weighted by Gasteiger charge is 2.05. The summed E-state index contributed by atoms with van der Waals surface area (Å²) in [4.78, 5) is 0. The van der Waals surface area contributed by atoms with Crippen molar-refractivity contribution in [2.45, 2.75) is 6.04 Å². The van der Waals surface area contributed by atoms with Crippen molar-refractivity contribution in [1.82, 2.24) is 0 Å². The fourth-order valence-corrected chi connectivity index (χ4v) is 1.50. The first-order valence-electron chi connectivity index (χ1n) is 5.34. The molecule has 0 radical (unpaired) electrons. The molecule has 0 aliphatic rings. The minimum atomic E-state index is -0.0820. The second kappa shape index (κ2) is 5.33. The quantitative estimate of drug-likeness (QED) is 0.847. The van der Waals surface area contributed by atoms with Gasteiger partial charge in [-0.3, -0.25) is 0 Å². The number of ether oxygens (including phenoxy) is 1. The molecule has 0 bridgehead atoms. The van der Waals surface area contributed by atoms with Crippen molar-refractivity contribution in [2.24, 2.45) is 5.73 Å². The summed E-state index contributed by atoms with van der Waals surface area (Å²) in [6.07, 6.45) is 0. The van der Waals surface area contributed by atoms with E-state index in [0.29, 0.717) is 6.61 Å². The van der Waals surface area contributed by atoms with Gasteiger partial charge in [0, 0.05) is 0 Å². The molecule has 0 aliphatic carbocycles. The van der Waals surface area contributed by atoms with Crippen LogP contribution in [0.3, 0.4) is 0 Å². The summed E-state index contributed by atoms with van der Waals surface area (Å²) in [5.74, 6) is 0.855. The van der Waals surface area contributed by atoms with E-state index in [0.717, 1.165) is 11.3 Å². The lowest BCUT2D eigenvalue weighted by Crippen LogP contribution is -2.18. The van der Waals surface area contributed by atoms with Gasteiger partial charge >= 0.3 is 0 Å². The van der Waals surface area contributed by atoms with E-state index < -0.39 is 0 Å². The molecule has 0 heterocycles. The first-order chi connectivity index (χ1) is 7.86. The molecule has 2 aromatic rings. The highest BCUT2D eigenvalue weighted by atomic mass is 16.5. The summed E-state index contributed by atoms with van der Waals surface area (Å²) in [6, 6.07) is 19.6. The monoisotopic (exact) mass is 213 g/mol. The van der Waals surface area contributed by atoms with Crippen molar-refractivity contribution < 1.29 is 4.74 Å². The van der Waals surface area contributed by atoms with Gasteiger partial charge in [0.05, 0.1) is 6.04 Å². The van der Waals surface area contributed by atoms with Crippen LogP contribution in [0.2, 0.25) is 0 Å². The molecule has 0 saturated heterocycles. The van der Waals surface area contributed by atoms with Gasteiger partial charge in [-0.15, -0.1) is 0 Å². The van der Waals surface area contributed by atoms with Crippen LogP contribution < -0.4 is 10.5 Å². The number of benzene rings is 2. The summed E-state index contributed by atoms with van der Waals surface area (Å²) >= 11 is 0. The summed E-state index contributed by atoms with van der Waals surface area (Å²) in [7, 11) is 0. The molecule has 82 valence electrons. The Balaban J connectivity index is 1.92. The van der Waals surface area contributed by atoms with E-state index in [1.807, 2.05) is 60.7 Å². The van der Waals surface area contributed by atoms with Gasteiger partial charge in [0.2, 0.25) is 0 Å². The Morgan fingerprint density at radius 3 is 2.06 bits per heavy atom. The maximum atomic E-state index is 6.02. The van der Waals surface area contributed by atoms with Gasteiger partial charge in [-0.05, 0) is 17.7 Å². The van der Waals surface area contributed by atoms with Crippen LogP contribution in [0.1, 0.15) is 11.6 Å². The van der Waals surface area contributed by atoms with E-state index in [4.69, 9.17) is 10.5 Å². The topological polar surface area (TPSA) is 35.2 Å². The molecule has 2 heteroatoms. The van der Waals surface area contributed by atoms with Crippen LogP contribution in [0, 0.1) is 0 Å². The van der Waals surface area contributed by atoms with Gasteiger partial charge in [0.15, 0.2) is 0 Å². The lowest BCUT2D eigenvalue weighted by molar-refractivity contribution is 0.290. The van der Waals surface area contributed by atoms with E-state index in [1.165, 1.54) is 0 Å². The molecule has 0 amide bonds. The van der Waals surface area contributed by atoms with Crippen LogP contribution in [0.25, 0.3) is 0 Å². The third kappa shape index (κ3) is 2.84. The fourth-order valence-electron chi connectivity index (χ4n) is 1.50. The van der Waals surface area contributed by atoms with Crippen LogP contribution in [0.4, 0.5) is 0 Å². The molecule has 2 N–H and O–H groups in total. The molecular formula is C14H15NO. The Bertz CT molecular complexity index is 413. The van der Waals surface area contributed by atoms with Crippen LogP contribution in [0.15, 0.2) is 60.7 Å². The lowest BCUT2D eigenvalue weighted by atomic mass is 10.1. The van der Waals surface area contributed by atoms with Crippen molar-refractivity contribution in [3.05, 3.63) is 66.2 Å². The summed E-state index contributed by atoms with van der Waals surface area (Å²) in [5.41, 5.74) is 7.11. The Hall–Kier alpha value is -1.80. The molecular weight excluding hydrogens is 198 g/mol. The zero-order valence-corrected chi connectivity index (χ0v) is 9.04. The van der Waals surface area contributed by atoms with Crippen LogP contribution in [-0.4, -0.2) is 6.61 Å². The van der Waals surface area contributed by atoms with Crippen LogP contribution >= 0.6 is 0 Å². The Morgan fingerprint density at radius 2 is 1.44 bits per heavy atom. The fraction of sp³-hybridized carbons (Fsp3) is 0.143. The second-order valence-corrected chi connectivity index (χ2v) is 3.64. The second-order valence-electron chi connectivity index (χ2n) is 3.64. The van der Waals surface area contributed by atoms with Crippen molar-refractivity contribution in [1.29, 1.82) is 0 Å². The van der Waals surface area contributed by atoms with Gasteiger partial charge in [-0.1, -0.05) is 48.5 Å². The van der Waals surface area contributed by atoms with Gasteiger partial charge in [0.25, 0.3) is 0 Å². The van der Waals surface area contributed by atoms with Crippen LogP contribution in [-0.2, 0) is 0 Å². The Morgan fingerprint density at radius 1 is 0.875 bits per heavy atom. The van der Waals surface area contributed by atoms with Gasteiger partial charge in [-0.25, -0.2) is 0 Å². The van der Waals surface area contributed by atoms with Crippen molar-refractivity contribution in [3.63, 3.8) is 0 Å². The maximum Gasteiger partial charge on any atom is 0.119 e. The minimum Gasteiger partial charge on any atom is -0.492 e. The number of para-hydroxylation sites is 1. The van der Waals surface area contributed by atoms with Crippen LogP contribution in [0.5, 0.6) is 5.75 Å². The third-order valence-corrected chi connectivity index (χ3v) is 2.40. The number of hydrogen-bond acceptors (Lipinski definition) is 2. The highest BCUT2D eigenvalue weighted by molar-refractivity contribution is 5.22. The lowest BCUT2D eigenvalue weighted by Gasteiger charge is -2.13. The Kier molecular flexibility index (Phi) is 3.57. The molecule has 0 aromatic heterocycles. The first kappa shape index (κ1) is 10.7. The first-order valence-corrected chi connectivity index (χ1v) is 5.34. The zero-order valence-electron chi connectivity index (χ0n) is 9.04. The molecule has 0 fully saturated rings. The molecule has 0 aliphatic heterocycles. The van der Waals surface area contributed by atoms with Crippen molar-refractivity contribution in [2.75, 3.05) is 6.61 Å². The third-order valence-electron chi connectivity index (χ3n) is 2.40. The predicted molar refractivity (Wildman–Crippen MR) is 65.3 cm³/mol. The molecule has 2 rings (SSSR count). The standard InChI is InChI=1S/C14H15NO/c15-14(12-7-3-1-4-8-12)11-16-13-9-5-2-6-10-13/h1-10,14H,11,15H2. The van der Waals surface area contributed by atoms with Gasteiger partial charge in [-0.2, -0.15) is 0 Å². The minimum absolute atomic E-state index is 0.0820. The molecule has 2 nitrogen and oxygen atoms in total. The molecule has 0 saturated carbocycles. The summed E-state index contributed by atoms with van der Waals surface area (Å²) < 4.78 is 5.60. The van der Waals surface area contributed by atoms with Crippen molar-refractivity contribution in [3.8, 4) is 5.75 Å². The smallest absolute Gasteiger partial charge is 0.119 e. The molecule has 0 spiro atoms. The van der Waals surface area contributed by atoms with E-state index in [2.05, 4.69) is 0 Å². The average Bonchev–Trinajstić information content (AvgIpc) is 2.38. The average molecular weight is 213 g/mol. The maximum absolute atomic E-state index is 6.02. The highest BCUT2D eigenvalue weighted by Crippen LogP contribution is 2.13. The van der Waals surface area contributed by atoms with E-state index in [1.54, 1.807) is 0 Å². The normalized spacial score (nSPS) is 12.1. The molecule has 16 heavy (non-hydrogen) atoms. The Labute approximate surface area is 95.7 Å². The number of nitrogens with two attached hydrogens (primary N) is 1. The number of rotatable bonds is 4. The SMILES string of the molecule is NC(COc1ccccc1)c1ccccc1. The molecule has 2 aromatic carbocycles. The molecule has 1 atom stereocenters. The largest absolute Gasteiger partial charge is 0.492 e. The summed E-state index contributed by atoms with van der Waals surface area (Å²) in [6.45, 7) is 0.494. The zero-order chi connectivity index (χ0) is 11.2. The molecule has 1 unspecified atom stereocenters. The summed E-state index contributed by atoms with van der Waals surface area (Å²) in [5, 5.41) is 0. The van der Waals surface area contributed by atoms with E-state index in [9.17, 15) is 0 Å². The van der Waals surface area contributed by atoms with E-state index >= 15 is 0 Å². The van der Waals surface area contributed by atoms with Gasteiger partial charge in [0.1, 0.15) is 12.4 Å². The van der Waals surface area contributed by atoms with E-state index in [-0.39, 0.29) is 6.04 Å². The van der Waals surface area contributed by atoms with Gasteiger partial charge < -0.3 is 10.5 Å². The predicted octanol–water partition coefficient (Wildman–Crippen LogP) is 2.77. The van der Waals surface area contributed by atoms with Crippen molar-refractivity contribution >= 4 is 0 Å². The number of hydrogen-bond donors (Lipinski definition) is 1.